The summed E-state index contributed by atoms with van der Waals surface area (Å²) in [7, 11) is 0. The van der Waals surface area contributed by atoms with Crippen LogP contribution in [0.5, 0.6) is 0 Å². The van der Waals surface area contributed by atoms with E-state index in [1.54, 1.807) is 0 Å². The van der Waals surface area contributed by atoms with E-state index < -0.39 is 5.97 Å². The molecule has 72 valence electrons. The van der Waals surface area contributed by atoms with Crippen LogP contribution in [0.25, 0.3) is 0 Å². The highest BCUT2D eigenvalue weighted by Crippen LogP contribution is 2.19. The first-order chi connectivity index (χ1) is 6.02. The van der Waals surface area contributed by atoms with Gasteiger partial charge < -0.3 is 10.4 Å². The number of carbonyl (C=O) groups is 2. The Balaban J connectivity index is 2.62. The van der Waals surface area contributed by atoms with Crippen LogP contribution in [0.1, 0.15) is 26.7 Å². The number of aliphatic carboxylic acids is 1. The molecule has 1 rings (SSSR count). The summed E-state index contributed by atoms with van der Waals surface area (Å²) in [6.45, 7) is 2.96. The smallest absolute Gasteiger partial charge is 0.331 e. The van der Waals surface area contributed by atoms with Gasteiger partial charge in [0.25, 0.3) is 0 Å². The fourth-order valence-corrected chi connectivity index (χ4v) is 0.852. The van der Waals surface area contributed by atoms with Crippen LogP contribution in [0, 0.1) is 0 Å². The summed E-state index contributed by atoms with van der Waals surface area (Å²) in [6, 6.07) is 0.268. The molecule has 4 nitrogen and oxygen atoms in total. The molecule has 2 N–H and O–H groups in total. The van der Waals surface area contributed by atoms with Gasteiger partial charge in [-0.1, -0.05) is 0 Å². The molecule has 0 radical (unpaired) electrons. The van der Waals surface area contributed by atoms with Crippen molar-refractivity contribution in [2.75, 3.05) is 0 Å². The standard InChI is InChI=1S/C9H13NO3/c1-5(6(2)9(12)13)8(11)10-7-3-4-7/h7H,3-4H2,1-2H3,(H,10,11)(H,12,13)/b6-5-. The van der Waals surface area contributed by atoms with Gasteiger partial charge in [0.2, 0.25) is 5.91 Å². The van der Waals surface area contributed by atoms with Crippen molar-refractivity contribution in [3.8, 4) is 0 Å². The molecule has 0 atom stereocenters. The van der Waals surface area contributed by atoms with Crippen molar-refractivity contribution >= 4 is 11.9 Å². The van der Waals surface area contributed by atoms with Crippen molar-refractivity contribution in [1.82, 2.24) is 5.32 Å². The maximum atomic E-state index is 11.3. The van der Waals surface area contributed by atoms with Crippen LogP contribution in [0.15, 0.2) is 11.1 Å². The molecule has 0 aromatic heterocycles. The van der Waals surface area contributed by atoms with E-state index in [9.17, 15) is 9.59 Å². The zero-order chi connectivity index (χ0) is 10.0. The van der Waals surface area contributed by atoms with E-state index in [0.717, 1.165) is 12.8 Å². The predicted octanol–water partition coefficient (Wildman–Crippen LogP) is 0.686. The zero-order valence-corrected chi connectivity index (χ0v) is 7.76. The van der Waals surface area contributed by atoms with Gasteiger partial charge in [0.1, 0.15) is 0 Å². The van der Waals surface area contributed by atoms with E-state index in [2.05, 4.69) is 5.32 Å². The number of rotatable bonds is 3. The van der Waals surface area contributed by atoms with Crippen molar-refractivity contribution in [3.63, 3.8) is 0 Å². The maximum Gasteiger partial charge on any atom is 0.331 e. The monoisotopic (exact) mass is 183 g/mol. The highest BCUT2D eigenvalue weighted by atomic mass is 16.4. The summed E-state index contributed by atoms with van der Waals surface area (Å²) < 4.78 is 0. The molecule has 1 saturated carbocycles. The van der Waals surface area contributed by atoms with Gasteiger partial charge >= 0.3 is 5.97 Å². The second-order valence-corrected chi connectivity index (χ2v) is 3.30. The molecule has 1 aliphatic carbocycles. The first-order valence-corrected chi connectivity index (χ1v) is 4.24. The van der Waals surface area contributed by atoms with Crippen molar-refractivity contribution in [3.05, 3.63) is 11.1 Å². The highest BCUT2D eigenvalue weighted by Gasteiger charge is 2.24. The Morgan fingerprint density at radius 2 is 1.77 bits per heavy atom. The number of carboxylic acids is 1. The Morgan fingerprint density at radius 3 is 2.15 bits per heavy atom. The highest BCUT2D eigenvalue weighted by molar-refractivity contribution is 6.01. The summed E-state index contributed by atoms with van der Waals surface area (Å²) in [5.74, 6) is -1.30. The van der Waals surface area contributed by atoms with Crippen LogP contribution in [-0.4, -0.2) is 23.0 Å². The minimum atomic E-state index is -1.04. The molecule has 1 aliphatic rings. The number of hydrogen-bond donors (Lipinski definition) is 2. The Bertz CT molecular complexity index is 277. The van der Waals surface area contributed by atoms with Crippen LogP contribution in [-0.2, 0) is 9.59 Å². The lowest BCUT2D eigenvalue weighted by atomic mass is 10.1. The van der Waals surface area contributed by atoms with Gasteiger partial charge in [-0.2, -0.15) is 0 Å². The molecule has 4 heteroatoms. The number of carbonyl (C=O) groups excluding carboxylic acids is 1. The molecule has 13 heavy (non-hydrogen) atoms. The van der Waals surface area contributed by atoms with Gasteiger partial charge in [0, 0.05) is 17.2 Å². The van der Waals surface area contributed by atoms with Gasteiger partial charge in [-0.15, -0.1) is 0 Å². The zero-order valence-electron chi connectivity index (χ0n) is 7.76. The molecule has 0 spiro atoms. The van der Waals surface area contributed by atoms with E-state index in [-0.39, 0.29) is 17.5 Å². The van der Waals surface area contributed by atoms with E-state index in [1.807, 2.05) is 0 Å². The van der Waals surface area contributed by atoms with E-state index in [4.69, 9.17) is 5.11 Å². The van der Waals surface area contributed by atoms with Crippen molar-refractivity contribution < 1.29 is 14.7 Å². The Hall–Kier alpha value is -1.32. The number of carboxylic acid groups (broad SMARTS) is 1. The topological polar surface area (TPSA) is 66.4 Å². The molecule has 0 bridgehead atoms. The van der Waals surface area contributed by atoms with Crippen LogP contribution >= 0.6 is 0 Å². The van der Waals surface area contributed by atoms with Gasteiger partial charge in [-0.3, -0.25) is 4.79 Å². The third-order valence-electron chi connectivity index (χ3n) is 2.14. The molecule has 1 amide bonds. The van der Waals surface area contributed by atoms with Gasteiger partial charge in [0.15, 0.2) is 0 Å². The largest absolute Gasteiger partial charge is 0.478 e. The summed E-state index contributed by atoms with van der Waals surface area (Å²) in [5.41, 5.74) is 0.401. The minimum Gasteiger partial charge on any atom is -0.478 e. The summed E-state index contributed by atoms with van der Waals surface area (Å²) in [6.07, 6.45) is 2.01. The lowest BCUT2D eigenvalue weighted by Gasteiger charge is -2.04. The van der Waals surface area contributed by atoms with Crippen molar-refractivity contribution in [2.24, 2.45) is 0 Å². The van der Waals surface area contributed by atoms with Crippen LogP contribution in [0.3, 0.4) is 0 Å². The van der Waals surface area contributed by atoms with Gasteiger partial charge in [-0.05, 0) is 26.7 Å². The van der Waals surface area contributed by atoms with Crippen LogP contribution < -0.4 is 5.32 Å². The van der Waals surface area contributed by atoms with Gasteiger partial charge in [0.05, 0.1) is 0 Å². The van der Waals surface area contributed by atoms with Crippen LogP contribution in [0.2, 0.25) is 0 Å². The Labute approximate surface area is 76.6 Å². The van der Waals surface area contributed by atoms with E-state index >= 15 is 0 Å². The average Bonchev–Trinajstić information content (AvgIpc) is 2.85. The molecule has 0 unspecified atom stereocenters. The number of hydrogen-bond acceptors (Lipinski definition) is 2. The third-order valence-corrected chi connectivity index (χ3v) is 2.14. The first-order valence-electron chi connectivity index (χ1n) is 4.24. The SMILES string of the molecule is C/C(C(=O)O)=C(\C)C(=O)NC1CC1. The van der Waals surface area contributed by atoms with Crippen LogP contribution in [0.4, 0.5) is 0 Å². The Kier molecular flexibility index (Phi) is 2.70. The normalized spacial score (nSPS) is 17.7. The lowest BCUT2D eigenvalue weighted by Crippen LogP contribution is -2.27. The molecule has 0 saturated heterocycles. The Morgan fingerprint density at radius 1 is 1.23 bits per heavy atom. The maximum absolute atomic E-state index is 11.3. The first kappa shape index (κ1) is 9.77. The number of amides is 1. The minimum absolute atomic E-state index is 0.109. The predicted molar refractivity (Wildman–Crippen MR) is 47.2 cm³/mol. The van der Waals surface area contributed by atoms with E-state index in [1.165, 1.54) is 13.8 Å². The summed E-state index contributed by atoms with van der Waals surface area (Å²) in [5, 5.41) is 11.3. The van der Waals surface area contributed by atoms with E-state index in [0.29, 0.717) is 5.57 Å². The molecular formula is C9H13NO3. The second-order valence-electron chi connectivity index (χ2n) is 3.30. The summed E-state index contributed by atoms with van der Waals surface area (Å²) >= 11 is 0. The molecule has 0 aromatic rings. The van der Waals surface area contributed by atoms with Crippen molar-refractivity contribution in [1.29, 1.82) is 0 Å². The van der Waals surface area contributed by atoms with Crippen molar-refractivity contribution in [2.45, 2.75) is 32.7 Å². The third kappa shape index (κ3) is 2.57. The number of nitrogens with one attached hydrogen (secondary N) is 1. The fraction of sp³-hybridized carbons (Fsp3) is 0.556. The molecule has 0 aromatic carbocycles. The quantitative estimate of drug-likeness (QED) is 0.632. The lowest BCUT2D eigenvalue weighted by molar-refractivity contribution is -0.133. The summed E-state index contributed by atoms with van der Waals surface area (Å²) in [4.78, 5) is 21.8. The fourth-order valence-electron chi connectivity index (χ4n) is 0.852. The molecule has 0 aliphatic heterocycles. The van der Waals surface area contributed by atoms with Gasteiger partial charge in [-0.25, -0.2) is 4.79 Å². The molecule has 0 heterocycles. The molecule has 1 fully saturated rings. The molecular weight excluding hydrogens is 170 g/mol. The average molecular weight is 183 g/mol. The second kappa shape index (κ2) is 3.60.